The lowest BCUT2D eigenvalue weighted by Crippen LogP contribution is -2.47. The molecule has 0 aliphatic heterocycles. The summed E-state index contributed by atoms with van der Waals surface area (Å²) in [5, 5.41) is 14.4. The summed E-state index contributed by atoms with van der Waals surface area (Å²) in [6.45, 7) is 2.02. The van der Waals surface area contributed by atoms with E-state index in [0.717, 1.165) is 40.9 Å². The van der Waals surface area contributed by atoms with Crippen LogP contribution in [0.5, 0.6) is 0 Å². The van der Waals surface area contributed by atoms with Crippen LogP contribution in [0.25, 0.3) is 10.2 Å². The molecule has 1 fully saturated rings. The van der Waals surface area contributed by atoms with Gasteiger partial charge in [0.1, 0.15) is 12.1 Å². The maximum absolute atomic E-state index is 11.0. The molecule has 0 aromatic carbocycles. The van der Waals surface area contributed by atoms with Gasteiger partial charge in [0.2, 0.25) is 0 Å². The van der Waals surface area contributed by atoms with Crippen molar-refractivity contribution in [2.45, 2.75) is 38.1 Å². The molecule has 5 nitrogen and oxygen atoms in total. The minimum Gasteiger partial charge on any atom is -0.481 e. The molecule has 0 radical (unpaired) electrons. The molecule has 1 aliphatic carbocycles. The summed E-state index contributed by atoms with van der Waals surface area (Å²) in [7, 11) is 0. The standard InChI is InChI=1S/C13H15N3O2S/c1-8-6-19-11-10(8)14-7-15-12(11)16-13(3-2-4-13)5-9(17)18/h6-7H,2-5H2,1H3,(H,17,18)(H,14,15,16). The highest BCUT2D eigenvalue weighted by atomic mass is 32.1. The second-order valence-corrected chi connectivity index (χ2v) is 6.03. The van der Waals surface area contributed by atoms with Crippen LogP contribution < -0.4 is 5.32 Å². The molecule has 19 heavy (non-hydrogen) atoms. The summed E-state index contributed by atoms with van der Waals surface area (Å²) in [5.41, 5.74) is 1.75. The number of carboxylic acid groups (broad SMARTS) is 1. The number of thiophene rings is 1. The highest BCUT2D eigenvalue weighted by Gasteiger charge is 2.39. The number of aryl methyl sites for hydroxylation is 1. The smallest absolute Gasteiger partial charge is 0.305 e. The first-order chi connectivity index (χ1) is 9.10. The summed E-state index contributed by atoms with van der Waals surface area (Å²) in [4.78, 5) is 19.6. The molecule has 0 atom stereocenters. The van der Waals surface area contributed by atoms with E-state index in [2.05, 4.69) is 20.7 Å². The summed E-state index contributed by atoms with van der Waals surface area (Å²) in [6.07, 6.45) is 4.52. The van der Waals surface area contributed by atoms with E-state index < -0.39 is 5.97 Å². The van der Waals surface area contributed by atoms with Crippen LogP contribution in [0.1, 0.15) is 31.2 Å². The van der Waals surface area contributed by atoms with Gasteiger partial charge in [-0.05, 0) is 37.1 Å². The topological polar surface area (TPSA) is 75.1 Å². The van der Waals surface area contributed by atoms with Crippen LogP contribution in [0, 0.1) is 6.92 Å². The lowest BCUT2D eigenvalue weighted by atomic mass is 9.74. The van der Waals surface area contributed by atoms with E-state index in [-0.39, 0.29) is 12.0 Å². The van der Waals surface area contributed by atoms with E-state index in [0.29, 0.717) is 0 Å². The Labute approximate surface area is 114 Å². The fraction of sp³-hybridized carbons (Fsp3) is 0.462. The van der Waals surface area contributed by atoms with Crippen molar-refractivity contribution in [2.24, 2.45) is 0 Å². The molecular formula is C13H15N3O2S. The number of nitrogens with zero attached hydrogens (tertiary/aromatic N) is 2. The molecule has 0 saturated heterocycles. The van der Waals surface area contributed by atoms with Gasteiger partial charge in [-0.1, -0.05) is 0 Å². The maximum Gasteiger partial charge on any atom is 0.305 e. The second kappa shape index (κ2) is 4.45. The minimum absolute atomic E-state index is 0.142. The van der Waals surface area contributed by atoms with Gasteiger partial charge < -0.3 is 10.4 Å². The van der Waals surface area contributed by atoms with Gasteiger partial charge in [-0.3, -0.25) is 4.79 Å². The molecule has 0 amide bonds. The Morgan fingerprint density at radius 1 is 1.53 bits per heavy atom. The Balaban J connectivity index is 1.94. The van der Waals surface area contributed by atoms with Crippen LogP contribution in [0.2, 0.25) is 0 Å². The molecule has 2 aromatic heterocycles. The monoisotopic (exact) mass is 277 g/mol. The predicted octanol–water partition coefficient (Wildman–Crippen LogP) is 2.81. The quantitative estimate of drug-likeness (QED) is 0.898. The van der Waals surface area contributed by atoms with E-state index in [4.69, 9.17) is 5.11 Å². The van der Waals surface area contributed by atoms with Gasteiger partial charge in [-0.25, -0.2) is 9.97 Å². The lowest BCUT2D eigenvalue weighted by Gasteiger charge is -2.41. The van der Waals surface area contributed by atoms with Crippen molar-refractivity contribution < 1.29 is 9.90 Å². The van der Waals surface area contributed by atoms with Gasteiger partial charge in [0.15, 0.2) is 0 Å². The highest BCUT2D eigenvalue weighted by molar-refractivity contribution is 7.18. The number of anilines is 1. The van der Waals surface area contributed by atoms with Crippen molar-refractivity contribution >= 4 is 33.3 Å². The molecule has 2 N–H and O–H groups in total. The average Bonchev–Trinajstić information content (AvgIpc) is 2.69. The zero-order valence-corrected chi connectivity index (χ0v) is 11.5. The molecule has 2 heterocycles. The highest BCUT2D eigenvalue weighted by Crippen LogP contribution is 2.40. The molecule has 1 aliphatic rings. The predicted molar refractivity (Wildman–Crippen MR) is 74.6 cm³/mol. The molecule has 100 valence electrons. The summed E-state index contributed by atoms with van der Waals surface area (Å²) in [6, 6.07) is 0. The number of nitrogens with one attached hydrogen (secondary N) is 1. The lowest BCUT2D eigenvalue weighted by molar-refractivity contribution is -0.138. The van der Waals surface area contributed by atoms with Crippen molar-refractivity contribution in [1.82, 2.24) is 9.97 Å². The van der Waals surface area contributed by atoms with Crippen LogP contribution in [0.4, 0.5) is 5.82 Å². The van der Waals surface area contributed by atoms with Crippen LogP contribution >= 0.6 is 11.3 Å². The number of aliphatic carboxylic acids is 1. The first kappa shape index (κ1) is 12.3. The second-order valence-electron chi connectivity index (χ2n) is 5.15. The molecule has 0 spiro atoms. The van der Waals surface area contributed by atoms with Crippen molar-refractivity contribution in [3.63, 3.8) is 0 Å². The third-order valence-electron chi connectivity index (χ3n) is 3.71. The number of fused-ring (bicyclic) bond motifs is 1. The van der Waals surface area contributed by atoms with Crippen molar-refractivity contribution in [1.29, 1.82) is 0 Å². The number of carbonyl (C=O) groups is 1. The van der Waals surface area contributed by atoms with Crippen LogP contribution in [-0.2, 0) is 4.79 Å². The first-order valence-corrected chi connectivity index (χ1v) is 7.16. The molecule has 0 bridgehead atoms. The van der Waals surface area contributed by atoms with Gasteiger partial charge in [-0.2, -0.15) is 0 Å². The number of rotatable bonds is 4. The molecule has 6 heteroatoms. The van der Waals surface area contributed by atoms with E-state index >= 15 is 0 Å². The van der Waals surface area contributed by atoms with Crippen LogP contribution in [0.3, 0.4) is 0 Å². The van der Waals surface area contributed by atoms with Crippen molar-refractivity contribution in [3.8, 4) is 0 Å². The van der Waals surface area contributed by atoms with Crippen LogP contribution in [-0.4, -0.2) is 26.6 Å². The molecule has 2 aromatic rings. The molecule has 1 saturated carbocycles. The van der Waals surface area contributed by atoms with E-state index in [1.165, 1.54) is 6.33 Å². The van der Waals surface area contributed by atoms with Gasteiger partial charge in [0.25, 0.3) is 0 Å². The Bertz CT molecular complexity index is 634. The first-order valence-electron chi connectivity index (χ1n) is 6.28. The van der Waals surface area contributed by atoms with Crippen LogP contribution in [0.15, 0.2) is 11.7 Å². The number of carboxylic acids is 1. The number of hydrogen-bond acceptors (Lipinski definition) is 5. The maximum atomic E-state index is 11.0. The van der Waals surface area contributed by atoms with E-state index in [1.54, 1.807) is 11.3 Å². The molecule has 0 unspecified atom stereocenters. The third-order valence-corrected chi connectivity index (χ3v) is 4.81. The SMILES string of the molecule is Cc1csc2c(NC3(CC(=O)O)CCC3)ncnc12. The van der Waals surface area contributed by atoms with E-state index in [9.17, 15) is 4.79 Å². The summed E-state index contributed by atoms with van der Waals surface area (Å²) >= 11 is 1.60. The average molecular weight is 277 g/mol. The summed E-state index contributed by atoms with van der Waals surface area (Å²) in [5.74, 6) is 0.00362. The zero-order valence-electron chi connectivity index (χ0n) is 10.6. The summed E-state index contributed by atoms with van der Waals surface area (Å²) < 4.78 is 1.01. The normalized spacial score (nSPS) is 17.1. The van der Waals surface area contributed by atoms with Crippen molar-refractivity contribution in [2.75, 3.05) is 5.32 Å². The van der Waals surface area contributed by atoms with Crippen molar-refractivity contribution in [3.05, 3.63) is 17.3 Å². The van der Waals surface area contributed by atoms with Gasteiger partial charge in [-0.15, -0.1) is 11.3 Å². The number of hydrogen-bond donors (Lipinski definition) is 2. The minimum atomic E-state index is -0.764. The zero-order chi connectivity index (χ0) is 13.5. The van der Waals surface area contributed by atoms with E-state index in [1.807, 2.05) is 6.92 Å². The molecule has 3 rings (SSSR count). The number of aromatic nitrogens is 2. The Morgan fingerprint density at radius 3 is 2.95 bits per heavy atom. The molecular weight excluding hydrogens is 262 g/mol. The largest absolute Gasteiger partial charge is 0.481 e. The third kappa shape index (κ3) is 2.16. The van der Waals surface area contributed by atoms with Gasteiger partial charge in [0.05, 0.1) is 16.6 Å². The van der Waals surface area contributed by atoms with Gasteiger partial charge >= 0.3 is 5.97 Å². The Morgan fingerprint density at radius 2 is 2.32 bits per heavy atom. The Hall–Kier alpha value is -1.69. The Kier molecular flexibility index (Phi) is 2.89. The van der Waals surface area contributed by atoms with Gasteiger partial charge in [0, 0.05) is 5.54 Å². The fourth-order valence-corrected chi connectivity index (χ4v) is 3.50. The fourth-order valence-electron chi connectivity index (χ4n) is 2.55.